The average molecular weight is 275 g/mol. The van der Waals surface area contributed by atoms with Crippen LogP contribution in [0.5, 0.6) is 0 Å². The maximum atomic E-state index is 11.5. The first-order chi connectivity index (χ1) is 8.97. The van der Waals surface area contributed by atoms with Gasteiger partial charge in [0.05, 0.1) is 6.04 Å². The van der Waals surface area contributed by atoms with Crippen LogP contribution in [0.25, 0.3) is 0 Å². The van der Waals surface area contributed by atoms with E-state index in [1.807, 2.05) is 26.1 Å². The van der Waals surface area contributed by atoms with Gasteiger partial charge in [0, 0.05) is 28.0 Å². The lowest BCUT2D eigenvalue weighted by Crippen LogP contribution is -2.08. The normalized spacial score (nSPS) is 12.2. The molecule has 100 valence electrons. The number of nitrogens with zero attached hydrogens (tertiary/aromatic N) is 1. The maximum Gasteiger partial charge on any atom is 0.161 e. The zero-order valence-electron chi connectivity index (χ0n) is 11.2. The summed E-state index contributed by atoms with van der Waals surface area (Å²) in [5, 5.41) is 4.36. The number of anilines is 2. The van der Waals surface area contributed by atoms with E-state index in [2.05, 4.69) is 10.3 Å². The molecule has 0 aliphatic heterocycles. The average Bonchev–Trinajstić information content (AvgIpc) is 2.78. The third-order valence-corrected chi connectivity index (χ3v) is 3.92. The molecule has 1 atom stereocenters. The number of carbonyl (C=O) groups excluding carboxylic acids is 1. The van der Waals surface area contributed by atoms with Crippen molar-refractivity contribution in [1.82, 2.24) is 4.98 Å². The predicted molar refractivity (Wildman–Crippen MR) is 79.7 cm³/mol. The molecule has 3 N–H and O–H groups in total. The van der Waals surface area contributed by atoms with Gasteiger partial charge in [-0.25, -0.2) is 4.98 Å². The molecule has 1 aromatic heterocycles. The van der Waals surface area contributed by atoms with Gasteiger partial charge in [0.1, 0.15) is 5.01 Å². The highest BCUT2D eigenvalue weighted by atomic mass is 32.1. The molecule has 2 aromatic rings. The Morgan fingerprint density at radius 2 is 2.21 bits per heavy atom. The van der Waals surface area contributed by atoms with E-state index in [1.165, 1.54) is 11.8 Å². The number of benzene rings is 1. The van der Waals surface area contributed by atoms with E-state index in [0.29, 0.717) is 11.3 Å². The molecule has 5 heteroatoms. The van der Waals surface area contributed by atoms with Crippen molar-refractivity contribution in [2.45, 2.75) is 26.8 Å². The number of hydrogen-bond acceptors (Lipinski definition) is 5. The van der Waals surface area contributed by atoms with E-state index >= 15 is 0 Å². The molecule has 0 aliphatic rings. The van der Waals surface area contributed by atoms with Crippen LogP contribution in [-0.2, 0) is 0 Å². The van der Waals surface area contributed by atoms with E-state index < -0.39 is 0 Å². The number of nitrogens with two attached hydrogens (primary N) is 1. The summed E-state index contributed by atoms with van der Waals surface area (Å²) in [7, 11) is 0. The third kappa shape index (κ3) is 3.12. The van der Waals surface area contributed by atoms with Gasteiger partial charge < -0.3 is 11.1 Å². The van der Waals surface area contributed by atoms with E-state index in [-0.39, 0.29) is 11.8 Å². The van der Waals surface area contributed by atoms with Gasteiger partial charge in [-0.15, -0.1) is 11.3 Å². The van der Waals surface area contributed by atoms with Crippen LogP contribution in [0.1, 0.15) is 40.1 Å². The van der Waals surface area contributed by atoms with Crippen LogP contribution in [0.15, 0.2) is 24.4 Å². The third-order valence-electron chi connectivity index (χ3n) is 2.83. The fraction of sp³-hybridized carbons (Fsp3) is 0.286. The second kappa shape index (κ2) is 5.40. The molecule has 19 heavy (non-hydrogen) atoms. The topological polar surface area (TPSA) is 68.0 Å². The van der Waals surface area contributed by atoms with Gasteiger partial charge in [-0.3, -0.25) is 4.79 Å². The number of hydrogen-bond donors (Lipinski definition) is 2. The smallest absolute Gasteiger partial charge is 0.161 e. The molecule has 0 saturated carbocycles. The highest BCUT2D eigenvalue weighted by Crippen LogP contribution is 2.25. The zero-order valence-corrected chi connectivity index (χ0v) is 12.0. The molecule has 0 bridgehead atoms. The van der Waals surface area contributed by atoms with Gasteiger partial charge in [-0.1, -0.05) is 0 Å². The quantitative estimate of drug-likeness (QED) is 0.663. The molecule has 0 saturated heterocycles. The number of aryl methyl sites for hydroxylation is 1. The first kappa shape index (κ1) is 13.5. The van der Waals surface area contributed by atoms with Gasteiger partial charge in [0.15, 0.2) is 5.78 Å². The van der Waals surface area contributed by atoms with E-state index in [0.717, 1.165) is 10.7 Å². The van der Waals surface area contributed by atoms with Crippen molar-refractivity contribution in [3.63, 3.8) is 0 Å². The maximum absolute atomic E-state index is 11.5. The van der Waals surface area contributed by atoms with Crippen LogP contribution in [0, 0.1) is 6.92 Å². The van der Waals surface area contributed by atoms with Gasteiger partial charge in [0.2, 0.25) is 0 Å². The largest absolute Gasteiger partial charge is 0.398 e. The van der Waals surface area contributed by atoms with E-state index in [1.54, 1.807) is 23.5 Å². The Balaban J connectivity index is 2.19. The first-order valence-electron chi connectivity index (χ1n) is 6.06. The van der Waals surface area contributed by atoms with Gasteiger partial charge in [-0.05, 0) is 39.0 Å². The van der Waals surface area contributed by atoms with Crippen LogP contribution >= 0.6 is 11.3 Å². The summed E-state index contributed by atoms with van der Waals surface area (Å²) < 4.78 is 0. The molecule has 1 heterocycles. The van der Waals surface area contributed by atoms with Gasteiger partial charge >= 0.3 is 0 Å². The molecule has 0 fully saturated rings. The highest BCUT2D eigenvalue weighted by molar-refractivity contribution is 7.11. The molecule has 1 aromatic carbocycles. The fourth-order valence-corrected chi connectivity index (χ4v) is 2.61. The van der Waals surface area contributed by atoms with Crippen molar-refractivity contribution in [3.8, 4) is 0 Å². The standard InChI is InChI=1S/C14H17N3OS/c1-8-7-16-14(19-8)9(2)17-11-4-5-13(15)12(6-11)10(3)18/h4-7,9,17H,15H2,1-3H3. The second-order valence-electron chi connectivity index (χ2n) is 4.53. The Hall–Kier alpha value is -1.88. The first-order valence-corrected chi connectivity index (χ1v) is 6.88. The van der Waals surface area contributed by atoms with Crippen molar-refractivity contribution in [2.75, 3.05) is 11.1 Å². The molecule has 0 radical (unpaired) electrons. The summed E-state index contributed by atoms with van der Waals surface area (Å²) in [4.78, 5) is 17.0. The number of nitrogens with one attached hydrogen (secondary N) is 1. The fourth-order valence-electron chi connectivity index (χ4n) is 1.84. The van der Waals surface area contributed by atoms with Crippen LogP contribution in [0.3, 0.4) is 0 Å². The number of thiazole rings is 1. The minimum Gasteiger partial charge on any atom is -0.398 e. The summed E-state index contributed by atoms with van der Waals surface area (Å²) >= 11 is 1.66. The Morgan fingerprint density at radius 3 is 2.79 bits per heavy atom. The monoisotopic (exact) mass is 275 g/mol. The lowest BCUT2D eigenvalue weighted by atomic mass is 10.1. The van der Waals surface area contributed by atoms with Crippen LogP contribution < -0.4 is 11.1 Å². The summed E-state index contributed by atoms with van der Waals surface area (Å²) in [6, 6.07) is 5.51. The SMILES string of the molecule is CC(=O)c1cc(NC(C)c2ncc(C)s2)ccc1N. The summed E-state index contributed by atoms with van der Waals surface area (Å²) in [6.45, 7) is 5.59. The number of rotatable bonds is 4. The lowest BCUT2D eigenvalue weighted by molar-refractivity contribution is 0.101. The van der Waals surface area contributed by atoms with E-state index in [4.69, 9.17) is 5.73 Å². The summed E-state index contributed by atoms with van der Waals surface area (Å²) in [5.74, 6) is -0.0288. The zero-order chi connectivity index (χ0) is 14.0. The highest BCUT2D eigenvalue weighted by Gasteiger charge is 2.11. The minimum absolute atomic E-state index is 0.0288. The number of nitrogen functional groups attached to an aromatic ring is 1. The Kier molecular flexibility index (Phi) is 3.85. The Bertz CT molecular complexity index is 606. The minimum atomic E-state index is -0.0288. The van der Waals surface area contributed by atoms with Crippen molar-refractivity contribution >= 4 is 28.5 Å². The number of aromatic nitrogens is 1. The van der Waals surface area contributed by atoms with Crippen LogP contribution in [0.2, 0.25) is 0 Å². The molecule has 0 spiro atoms. The van der Waals surface area contributed by atoms with Crippen molar-refractivity contribution < 1.29 is 4.79 Å². The molecular weight excluding hydrogens is 258 g/mol. The predicted octanol–water partition coefficient (Wildman–Crippen LogP) is 3.41. The van der Waals surface area contributed by atoms with Crippen LogP contribution in [-0.4, -0.2) is 10.8 Å². The Morgan fingerprint density at radius 1 is 1.47 bits per heavy atom. The molecule has 2 rings (SSSR count). The number of carbonyl (C=O) groups is 1. The summed E-state index contributed by atoms with van der Waals surface area (Å²) in [6.07, 6.45) is 1.86. The van der Waals surface area contributed by atoms with E-state index in [9.17, 15) is 4.79 Å². The van der Waals surface area contributed by atoms with Crippen molar-refractivity contribution in [2.24, 2.45) is 0 Å². The van der Waals surface area contributed by atoms with Gasteiger partial charge in [-0.2, -0.15) is 0 Å². The molecular formula is C14H17N3OS. The number of Topliss-reactive ketones (excluding diaryl/α,β-unsaturated/α-hetero) is 1. The molecule has 4 nitrogen and oxygen atoms in total. The number of ketones is 1. The molecule has 0 aliphatic carbocycles. The summed E-state index contributed by atoms with van der Waals surface area (Å²) in [5.41, 5.74) is 7.71. The van der Waals surface area contributed by atoms with Gasteiger partial charge in [0.25, 0.3) is 0 Å². The van der Waals surface area contributed by atoms with Crippen LogP contribution in [0.4, 0.5) is 11.4 Å². The lowest BCUT2D eigenvalue weighted by Gasteiger charge is -2.14. The second-order valence-corrected chi connectivity index (χ2v) is 5.80. The van der Waals surface area contributed by atoms with Crippen molar-refractivity contribution in [1.29, 1.82) is 0 Å². The van der Waals surface area contributed by atoms with Crippen molar-refractivity contribution in [3.05, 3.63) is 39.8 Å². The molecule has 0 amide bonds. The Labute approximate surface area is 116 Å². The molecule has 1 unspecified atom stereocenters.